The fraction of sp³-hybridized carbons (Fsp3) is 0.474. The molecule has 0 aliphatic carbocycles. The molecule has 0 bridgehead atoms. The van der Waals surface area contributed by atoms with Crippen molar-refractivity contribution in [3.05, 3.63) is 47.5 Å². The molecule has 6 nitrogen and oxygen atoms in total. The van der Waals surface area contributed by atoms with Gasteiger partial charge >= 0.3 is 6.03 Å². The zero-order chi connectivity index (χ0) is 17.6. The molecular weight excluding hydrogens is 316 g/mol. The van der Waals surface area contributed by atoms with Gasteiger partial charge in [0.05, 0.1) is 6.04 Å². The van der Waals surface area contributed by atoms with E-state index < -0.39 is 0 Å². The molecule has 134 valence electrons. The predicted octanol–water partition coefficient (Wildman–Crippen LogP) is 3.53. The summed E-state index contributed by atoms with van der Waals surface area (Å²) in [4.78, 5) is 18.9. The van der Waals surface area contributed by atoms with Crippen molar-refractivity contribution >= 4 is 11.8 Å². The molecule has 3 rings (SSSR count). The predicted molar refractivity (Wildman–Crippen MR) is 97.5 cm³/mol. The molecule has 1 aliphatic heterocycles. The number of aryl methyl sites for hydroxylation is 1. The molecule has 3 heterocycles. The van der Waals surface area contributed by atoms with E-state index in [0.29, 0.717) is 6.54 Å². The van der Waals surface area contributed by atoms with Gasteiger partial charge in [-0.1, -0.05) is 0 Å². The van der Waals surface area contributed by atoms with Crippen molar-refractivity contribution in [3.63, 3.8) is 0 Å². The molecule has 1 saturated heterocycles. The van der Waals surface area contributed by atoms with Crippen LogP contribution in [0.1, 0.15) is 49.3 Å². The number of rotatable bonds is 5. The number of hydrogen-bond acceptors (Lipinski definition) is 4. The third kappa shape index (κ3) is 4.75. The number of urea groups is 1. The van der Waals surface area contributed by atoms with E-state index in [1.165, 1.54) is 19.3 Å². The van der Waals surface area contributed by atoms with Crippen molar-refractivity contribution in [2.45, 2.75) is 45.7 Å². The number of nitrogens with one attached hydrogen (secondary N) is 2. The molecule has 1 fully saturated rings. The van der Waals surface area contributed by atoms with Gasteiger partial charge in [-0.2, -0.15) is 0 Å². The normalized spacial score (nSPS) is 15.7. The Kier molecular flexibility index (Phi) is 5.58. The molecule has 2 aromatic rings. The van der Waals surface area contributed by atoms with Gasteiger partial charge in [-0.3, -0.25) is 0 Å². The molecule has 1 atom stereocenters. The van der Waals surface area contributed by atoms with Crippen molar-refractivity contribution < 1.29 is 9.21 Å². The van der Waals surface area contributed by atoms with Gasteiger partial charge < -0.3 is 20.0 Å². The summed E-state index contributed by atoms with van der Waals surface area (Å²) in [6, 6.07) is 7.39. The number of amides is 2. The van der Waals surface area contributed by atoms with E-state index in [-0.39, 0.29) is 12.1 Å². The van der Waals surface area contributed by atoms with E-state index >= 15 is 0 Å². The number of carbonyl (C=O) groups is 1. The highest BCUT2D eigenvalue weighted by Gasteiger charge is 2.14. The number of aromatic nitrogens is 1. The average Bonchev–Trinajstić information content (AvgIpc) is 3.08. The van der Waals surface area contributed by atoms with Gasteiger partial charge in [0.15, 0.2) is 0 Å². The second-order valence-corrected chi connectivity index (χ2v) is 6.57. The Hall–Kier alpha value is -2.50. The first kappa shape index (κ1) is 17.3. The number of pyridine rings is 1. The quantitative estimate of drug-likeness (QED) is 0.872. The molecule has 0 spiro atoms. The second kappa shape index (κ2) is 8.05. The summed E-state index contributed by atoms with van der Waals surface area (Å²) in [6.07, 6.45) is 5.55. The van der Waals surface area contributed by atoms with E-state index in [4.69, 9.17) is 4.42 Å². The van der Waals surface area contributed by atoms with Crippen LogP contribution < -0.4 is 15.5 Å². The minimum absolute atomic E-state index is 0.171. The maximum Gasteiger partial charge on any atom is 0.315 e. The van der Waals surface area contributed by atoms with E-state index in [1.54, 1.807) is 0 Å². The van der Waals surface area contributed by atoms with Gasteiger partial charge in [-0.05, 0) is 62.9 Å². The Balaban J connectivity index is 1.51. The Morgan fingerprint density at radius 2 is 2.08 bits per heavy atom. The van der Waals surface area contributed by atoms with E-state index in [0.717, 1.165) is 36.0 Å². The average molecular weight is 342 g/mol. The topological polar surface area (TPSA) is 70.4 Å². The Bertz CT molecular complexity index is 707. The summed E-state index contributed by atoms with van der Waals surface area (Å²) >= 11 is 0. The fourth-order valence-electron chi connectivity index (χ4n) is 3.05. The maximum atomic E-state index is 12.1. The van der Waals surface area contributed by atoms with Gasteiger partial charge in [-0.25, -0.2) is 9.78 Å². The van der Waals surface area contributed by atoms with Gasteiger partial charge in [0, 0.05) is 25.8 Å². The number of furan rings is 1. The van der Waals surface area contributed by atoms with Gasteiger partial charge in [0.25, 0.3) is 0 Å². The summed E-state index contributed by atoms with van der Waals surface area (Å²) in [5.41, 5.74) is 1.05. The minimum atomic E-state index is -0.210. The van der Waals surface area contributed by atoms with Crippen LogP contribution in [0.2, 0.25) is 0 Å². The number of anilines is 1. The van der Waals surface area contributed by atoms with Crippen molar-refractivity contribution in [2.24, 2.45) is 0 Å². The molecule has 6 heteroatoms. The molecule has 0 saturated carbocycles. The Labute approximate surface area is 148 Å². The van der Waals surface area contributed by atoms with Crippen LogP contribution in [0.4, 0.5) is 10.6 Å². The largest absolute Gasteiger partial charge is 0.464 e. The monoisotopic (exact) mass is 342 g/mol. The Morgan fingerprint density at radius 3 is 2.80 bits per heavy atom. The van der Waals surface area contributed by atoms with Crippen LogP contribution in [-0.4, -0.2) is 24.1 Å². The smallest absolute Gasteiger partial charge is 0.315 e. The van der Waals surface area contributed by atoms with Crippen molar-refractivity contribution in [1.29, 1.82) is 0 Å². The highest BCUT2D eigenvalue weighted by Crippen LogP contribution is 2.18. The molecular formula is C19H26N4O2. The lowest BCUT2D eigenvalue weighted by Crippen LogP contribution is -2.36. The molecule has 2 amide bonds. The van der Waals surface area contributed by atoms with Crippen molar-refractivity contribution in [2.75, 3.05) is 18.0 Å². The molecule has 25 heavy (non-hydrogen) atoms. The number of carbonyl (C=O) groups excluding carboxylic acids is 1. The Morgan fingerprint density at radius 1 is 1.28 bits per heavy atom. The molecule has 0 unspecified atom stereocenters. The van der Waals surface area contributed by atoms with Gasteiger partial charge in [-0.15, -0.1) is 0 Å². The van der Waals surface area contributed by atoms with Crippen LogP contribution in [0.3, 0.4) is 0 Å². The zero-order valence-corrected chi connectivity index (χ0v) is 14.9. The maximum absolute atomic E-state index is 12.1. The lowest BCUT2D eigenvalue weighted by molar-refractivity contribution is 0.235. The summed E-state index contributed by atoms with van der Waals surface area (Å²) in [5, 5.41) is 5.79. The lowest BCUT2D eigenvalue weighted by atomic mass is 10.1. The van der Waals surface area contributed by atoms with Crippen LogP contribution >= 0.6 is 0 Å². The van der Waals surface area contributed by atoms with Crippen LogP contribution in [0.15, 0.2) is 34.9 Å². The van der Waals surface area contributed by atoms with E-state index in [1.807, 2.05) is 38.2 Å². The molecule has 2 N–H and O–H groups in total. The van der Waals surface area contributed by atoms with Crippen LogP contribution in [0, 0.1) is 6.92 Å². The second-order valence-electron chi connectivity index (χ2n) is 6.57. The van der Waals surface area contributed by atoms with E-state index in [9.17, 15) is 4.79 Å². The standard InChI is InChI=1S/C19H26N4O2/c1-14-6-7-17(25-14)15(2)22-19(24)21-13-16-8-9-20-18(12-16)23-10-4-3-5-11-23/h6-9,12,15H,3-5,10-11,13H2,1-2H3,(H2,21,22,24)/t15-/m1/s1. The summed E-state index contributed by atoms with van der Waals surface area (Å²) < 4.78 is 5.54. The zero-order valence-electron chi connectivity index (χ0n) is 14.9. The molecule has 2 aromatic heterocycles. The van der Waals surface area contributed by atoms with E-state index in [2.05, 4.69) is 26.6 Å². The highest BCUT2D eigenvalue weighted by atomic mass is 16.3. The number of nitrogens with zero attached hydrogens (tertiary/aromatic N) is 2. The number of piperidine rings is 1. The number of hydrogen-bond donors (Lipinski definition) is 2. The fourth-order valence-corrected chi connectivity index (χ4v) is 3.05. The lowest BCUT2D eigenvalue weighted by Gasteiger charge is -2.27. The third-order valence-electron chi connectivity index (χ3n) is 4.48. The van der Waals surface area contributed by atoms with Gasteiger partial charge in [0.1, 0.15) is 17.3 Å². The molecule has 0 radical (unpaired) electrons. The summed E-state index contributed by atoms with van der Waals surface area (Å²) in [7, 11) is 0. The summed E-state index contributed by atoms with van der Waals surface area (Å²) in [6.45, 7) is 6.38. The van der Waals surface area contributed by atoms with Crippen LogP contribution in [-0.2, 0) is 6.54 Å². The summed E-state index contributed by atoms with van der Waals surface area (Å²) in [5.74, 6) is 2.59. The molecule has 0 aromatic carbocycles. The third-order valence-corrected chi connectivity index (χ3v) is 4.48. The first-order chi connectivity index (χ1) is 12.1. The van der Waals surface area contributed by atoms with Crippen molar-refractivity contribution in [1.82, 2.24) is 15.6 Å². The van der Waals surface area contributed by atoms with Crippen LogP contribution in [0.5, 0.6) is 0 Å². The first-order valence-corrected chi connectivity index (χ1v) is 8.92. The van der Waals surface area contributed by atoms with Crippen molar-refractivity contribution in [3.8, 4) is 0 Å². The first-order valence-electron chi connectivity index (χ1n) is 8.92. The molecule has 1 aliphatic rings. The minimum Gasteiger partial charge on any atom is -0.464 e. The SMILES string of the molecule is Cc1ccc([C@@H](C)NC(=O)NCc2ccnc(N3CCCCC3)c2)o1. The van der Waals surface area contributed by atoms with Crippen LogP contribution in [0.25, 0.3) is 0 Å². The highest BCUT2D eigenvalue weighted by molar-refractivity contribution is 5.74. The van der Waals surface area contributed by atoms with Gasteiger partial charge in [0.2, 0.25) is 0 Å².